The van der Waals surface area contributed by atoms with Gasteiger partial charge in [0.2, 0.25) is 0 Å². The summed E-state index contributed by atoms with van der Waals surface area (Å²) in [5.74, 6) is 0. The summed E-state index contributed by atoms with van der Waals surface area (Å²) in [6.07, 6.45) is 3.11. The molecule has 4 heteroatoms. The molecule has 0 aliphatic carbocycles. The highest BCUT2D eigenvalue weighted by Gasteiger charge is 2.02. The van der Waals surface area contributed by atoms with Crippen molar-refractivity contribution in [3.8, 4) is 0 Å². The molecule has 80 valence electrons. The van der Waals surface area contributed by atoms with Gasteiger partial charge in [-0.1, -0.05) is 0 Å². The smallest absolute Gasteiger partial charge is 0.0638 e. The number of aryl methyl sites for hydroxylation is 2. The third kappa shape index (κ3) is 3.12. The average Bonchev–Trinajstić information content (AvgIpc) is 2.49. The lowest BCUT2D eigenvalue weighted by Gasteiger charge is -1.99. The Morgan fingerprint density at radius 3 is 3.00 bits per heavy atom. The number of nitrogens with zero attached hydrogens (tertiary/aromatic N) is 2. The van der Waals surface area contributed by atoms with Crippen LogP contribution in [0, 0.1) is 6.92 Å². The van der Waals surface area contributed by atoms with Crippen molar-refractivity contribution in [3.63, 3.8) is 0 Å². The summed E-state index contributed by atoms with van der Waals surface area (Å²) in [5, 5.41) is 7.55. The van der Waals surface area contributed by atoms with Crippen LogP contribution in [0.5, 0.6) is 0 Å². The molecule has 1 aromatic heterocycles. The Bertz CT molecular complexity index is 270. The van der Waals surface area contributed by atoms with Crippen LogP contribution in [0.25, 0.3) is 0 Å². The maximum atomic E-state index is 4.99. The van der Waals surface area contributed by atoms with Gasteiger partial charge < -0.3 is 10.1 Å². The van der Waals surface area contributed by atoms with E-state index in [-0.39, 0.29) is 0 Å². The van der Waals surface area contributed by atoms with Crippen LogP contribution in [-0.2, 0) is 17.8 Å². The number of hydrogen-bond donors (Lipinski definition) is 1. The van der Waals surface area contributed by atoms with Gasteiger partial charge in [-0.2, -0.15) is 5.10 Å². The monoisotopic (exact) mass is 197 g/mol. The zero-order valence-corrected chi connectivity index (χ0v) is 9.21. The minimum atomic E-state index is 0.792. The molecule has 0 unspecified atom stereocenters. The maximum absolute atomic E-state index is 4.99. The first-order valence-electron chi connectivity index (χ1n) is 4.94. The van der Waals surface area contributed by atoms with E-state index in [1.54, 1.807) is 7.11 Å². The van der Waals surface area contributed by atoms with Crippen molar-refractivity contribution in [2.75, 3.05) is 20.8 Å². The molecule has 0 amide bonds. The van der Waals surface area contributed by atoms with E-state index in [1.807, 2.05) is 18.7 Å². The minimum absolute atomic E-state index is 0.792. The van der Waals surface area contributed by atoms with E-state index in [4.69, 9.17) is 4.74 Å². The molecule has 0 bridgehead atoms. The lowest BCUT2D eigenvalue weighted by atomic mass is 10.3. The van der Waals surface area contributed by atoms with Crippen molar-refractivity contribution >= 4 is 0 Å². The zero-order valence-electron chi connectivity index (χ0n) is 9.21. The normalized spacial score (nSPS) is 10.8. The minimum Gasteiger partial charge on any atom is -0.385 e. The van der Waals surface area contributed by atoms with Gasteiger partial charge in [-0.05, 0) is 20.4 Å². The zero-order chi connectivity index (χ0) is 10.4. The van der Waals surface area contributed by atoms with Crippen LogP contribution in [0.15, 0.2) is 6.20 Å². The highest BCUT2D eigenvalue weighted by atomic mass is 16.5. The van der Waals surface area contributed by atoms with Crippen molar-refractivity contribution in [1.82, 2.24) is 15.1 Å². The van der Waals surface area contributed by atoms with Crippen molar-refractivity contribution in [1.29, 1.82) is 0 Å². The number of nitrogens with one attached hydrogen (secondary N) is 1. The molecular weight excluding hydrogens is 178 g/mol. The van der Waals surface area contributed by atoms with Crippen molar-refractivity contribution in [2.45, 2.75) is 26.4 Å². The maximum Gasteiger partial charge on any atom is 0.0638 e. The first-order chi connectivity index (χ1) is 6.77. The summed E-state index contributed by atoms with van der Waals surface area (Å²) in [6, 6.07) is 0. The number of methoxy groups -OCH3 is 1. The molecular formula is C10H19N3O. The van der Waals surface area contributed by atoms with Gasteiger partial charge in [0.25, 0.3) is 0 Å². The van der Waals surface area contributed by atoms with E-state index in [0.717, 1.165) is 31.8 Å². The van der Waals surface area contributed by atoms with Crippen LogP contribution < -0.4 is 5.32 Å². The molecule has 1 N–H and O–H groups in total. The molecule has 1 rings (SSSR count). The topological polar surface area (TPSA) is 39.1 Å². The van der Waals surface area contributed by atoms with E-state index >= 15 is 0 Å². The fourth-order valence-electron chi connectivity index (χ4n) is 1.41. The largest absolute Gasteiger partial charge is 0.385 e. The first kappa shape index (κ1) is 11.2. The van der Waals surface area contributed by atoms with Crippen LogP contribution in [0.4, 0.5) is 0 Å². The number of hydrogen-bond acceptors (Lipinski definition) is 3. The van der Waals surface area contributed by atoms with Gasteiger partial charge in [0.15, 0.2) is 0 Å². The number of ether oxygens (including phenoxy) is 1. The Morgan fingerprint density at radius 1 is 1.57 bits per heavy atom. The molecule has 0 aromatic carbocycles. The van der Waals surface area contributed by atoms with Gasteiger partial charge in [-0.15, -0.1) is 0 Å². The van der Waals surface area contributed by atoms with E-state index in [9.17, 15) is 0 Å². The van der Waals surface area contributed by atoms with Gasteiger partial charge >= 0.3 is 0 Å². The molecule has 1 heterocycles. The van der Waals surface area contributed by atoms with Crippen LogP contribution in [0.1, 0.15) is 17.7 Å². The Kier molecular flexibility index (Phi) is 4.62. The summed E-state index contributed by atoms with van der Waals surface area (Å²) < 4.78 is 6.98. The summed E-state index contributed by atoms with van der Waals surface area (Å²) >= 11 is 0. The third-order valence-electron chi connectivity index (χ3n) is 2.15. The molecule has 0 aliphatic rings. The van der Waals surface area contributed by atoms with Crippen LogP contribution in [-0.4, -0.2) is 30.5 Å². The second-order valence-corrected chi connectivity index (χ2v) is 3.38. The molecule has 0 fully saturated rings. The summed E-state index contributed by atoms with van der Waals surface area (Å²) in [5.41, 5.74) is 2.38. The molecule has 4 nitrogen and oxygen atoms in total. The summed E-state index contributed by atoms with van der Waals surface area (Å²) in [7, 11) is 3.67. The molecule has 0 radical (unpaired) electrons. The van der Waals surface area contributed by atoms with E-state index in [1.165, 1.54) is 5.56 Å². The molecule has 14 heavy (non-hydrogen) atoms. The van der Waals surface area contributed by atoms with E-state index in [0.29, 0.717) is 0 Å². The third-order valence-corrected chi connectivity index (χ3v) is 2.15. The van der Waals surface area contributed by atoms with Crippen LogP contribution in [0.2, 0.25) is 0 Å². The fraction of sp³-hybridized carbons (Fsp3) is 0.700. The number of aromatic nitrogens is 2. The predicted molar refractivity (Wildman–Crippen MR) is 56.2 cm³/mol. The molecule has 0 spiro atoms. The number of rotatable bonds is 6. The first-order valence-corrected chi connectivity index (χ1v) is 4.94. The SMILES string of the molecule is CNCc1cn(CCCOC)nc1C. The van der Waals surface area contributed by atoms with Crippen LogP contribution in [0.3, 0.4) is 0 Å². The van der Waals surface area contributed by atoms with Crippen molar-refractivity contribution in [3.05, 3.63) is 17.5 Å². The Labute approximate surface area is 85.3 Å². The van der Waals surface area contributed by atoms with Gasteiger partial charge in [-0.25, -0.2) is 0 Å². The quantitative estimate of drug-likeness (QED) is 0.690. The summed E-state index contributed by atoms with van der Waals surface area (Å²) in [4.78, 5) is 0. The van der Waals surface area contributed by atoms with Gasteiger partial charge in [0.05, 0.1) is 5.69 Å². The summed E-state index contributed by atoms with van der Waals surface area (Å²) in [6.45, 7) is 4.65. The molecule has 0 aliphatic heterocycles. The average molecular weight is 197 g/mol. The standard InChI is InChI=1S/C10H19N3O/c1-9-10(7-11-2)8-13(12-9)5-4-6-14-3/h8,11H,4-7H2,1-3H3. The lowest BCUT2D eigenvalue weighted by molar-refractivity contribution is 0.189. The molecule has 0 saturated heterocycles. The molecule has 0 saturated carbocycles. The van der Waals surface area contributed by atoms with E-state index < -0.39 is 0 Å². The molecule has 1 aromatic rings. The van der Waals surface area contributed by atoms with Gasteiger partial charge in [-0.3, -0.25) is 4.68 Å². The van der Waals surface area contributed by atoms with Crippen LogP contribution >= 0.6 is 0 Å². The highest BCUT2D eigenvalue weighted by molar-refractivity contribution is 5.14. The molecule has 0 atom stereocenters. The Balaban J connectivity index is 2.48. The van der Waals surface area contributed by atoms with Crippen molar-refractivity contribution < 1.29 is 4.74 Å². The highest BCUT2D eigenvalue weighted by Crippen LogP contribution is 2.05. The lowest BCUT2D eigenvalue weighted by Crippen LogP contribution is -2.05. The predicted octanol–water partition coefficient (Wildman–Crippen LogP) is 0.947. The second kappa shape index (κ2) is 5.78. The Morgan fingerprint density at radius 2 is 2.36 bits per heavy atom. The van der Waals surface area contributed by atoms with Gasteiger partial charge in [0, 0.05) is 38.6 Å². The van der Waals surface area contributed by atoms with Crippen molar-refractivity contribution in [2.24, 2.45) is 0 Å². The Hall–Kier alpha value is -0.870. The van der Waals surface area contributed by atoms with Gasteiger partial charge in [0.1, 0.15) is 0 Å². The fourth-order valence-corrected chi connectivity index (χ4v) is 1.41. The van der Waals surface area contributed by atoms with E-state index in [2.05, 4.69) is 16.6 Å². The second-order valence-electron chi connectivity index (χ2n) is 3.38.